The van der Waals surface area contributed by atoms with E-state index in [1.807, 2.05) is 6.92 Å². The largest absolute Gasteiger partial charge is 0.300 e. The quantitative estimate of drug-likeness (QED) is 0.704. The SMILES string of the molecule is CC(=O)Cc1ccc(Cl)c(C)n1. The van der Waals surface area contributed by atoms with Gasteiger partial charge in [-0.05, 0) is 26.0 Å². The van der Waals surface area contributed by atoms with E-state index in [1.165, 1.54) is 0 Å². The Morgan fingerprint density at radius 2 is 2.25 bits per heavy atom. The van der Waals surface area contributed by atoms with Crippen LogP contribution in [-0.2, 0) is 11.2 Å². The zero-order chi connectivity index (χ0) is 9.14. The molecule has 0 radical (unpaired) electrons. The Labute approximate surface area is 76.6 Å². The molecule has 1 rings (SSSR count). The predicted octanol–water partition coefficient (Wildman–Crippen LogP) is 2.17. The number of halogens is 1. The summed E-state index contributed by atoms with van der Waals surface area (Å²) in [5.74, 6) is 0.115. The van der Waals surface area contributed by atoms with Gasteiger partial charge in [0.05, 0.1) is 10.7 Å². The van der Waals surface area contributed by atoms with Crippen LogP contribution in [0.15, 0.2) is 12.1 Å². The number of Topliss-reactive ketones (excluding diaryl/α,β-unsaturated/α-hetero) is 1. The van der Waals surface area contributed by atoms with Crippen molar-refractivity contribution in [1.29, 1.82) is 0 Å². The first kappa shape index (κ1) is 9.20. The number of nitrogens with zero attached hydrogens (tertiary/aromatic N) is 1. The lowest BCUT2D eigenvalue weighted by Crippen LogP contribution is -1.99. The monoisotopic (exact) mass is 183 g/mol. The summed E-state index contributed by atoms with van der Waals surface area (Å²) in [5, 5.41) is 0.641. The second-order valence-electron chi connectivity index (χ2n) is 2.75. The van der Waals surface area contributed by atoms with Gasteiger partial charge in [0.2, 0.25) is 0 Å². The van der Waals surface area contributed by atoms with Crippen LogP contribution in [0.1, 0.15) is 18.3 Å². The third kappa shape index (κ3) is 2.31. The molecule has 0 amide bonds. The van der Waals surface area contributed by atoms with Crippen molar-refractivity contribution in [2.75, 3.05) is 0 Å². The van der Waals surface area contributed by atoms with Gasteiger partial charge in [0, 0.05) is 12.1 Å². The van der Waals surface area contributed by atoms with Crippen LogP contribution in [0.25, 0.3) is 0 Å². The normalized spacial score (nSPS) is 9.92. The summed E-state index contributed by atoms with van der Waals surface area (Å²) in [7, 11) is 0. The summed E-state index contributed by atoms with van der Waals surface area (Å²) in [6, 6.07) is 3.54. The van der Waals surface area contributed by atoms with Gasteiger partial charge in [0.25, 0.3) is 0 Å². The molecule has 2 nitrogen and oxygen atoms in total. The van der Waals surface area contributed by atoms with Crippen LogP contribution in [0, 0.1) is 6.92 Å². The molecular formula is C9H10ClNO. The van der Waals surface area contributed by atoms with E-state index in [9.17, 15) is 4.79 Å². The van der Waals surface area contributed by atoms with Gasteiger partial charge in [0.1, 0.15) is 5.78 Å². The topological polar surface area (TPSA) is 30.0 Å². The predicted molar refractivity (Wildman–Crippen MR) is 48.4 cm³/mol. The first-order chi connectivity index (χ1) is 5.59. The fraction of sp³-hybridized carbons (Fsp3) is 0.333. The van der Waals surface area contributed by atoms with Crippen LogP contribution in [0.2, 0.25) is 5.02 Å². The molecule has 1 heterocycles. The molecule has 12 heavy (non-hydrogen) atoms. The Bertz CT molecular complexity index is 309. The number of hydrogen-bond acceptors (Lipinski definition) is 2. The number of aromatic nitrogens is 1. The second kappa shape index (κ2) is 3.68. The molecule has 0 bridgehead atoms. The van der Waals surface area contributed by atoms with Gasteiger partial charge in [-0.2, -0.15) is 0 Å². The second-order valence-corrected chi connectivity index (χ2v) is 3.16. The summed E-state index contributed by atoms with van der Waals surface area (Å²) in [4.78, 5) is 14.9. The molecular weight excluding hydrogens is 174 g/mol. The maximum Gasteiger partial charge on any atom is 0.135 e. The lowest BCUT2D eigenvalue weighted by Gasteiger charge is -2.00. The number of rotatable bonds is 2. The zero-order valence-corrected chi connectivity index (χ0v) is 7.85. The van der Waals surface area contributed by atoms with E-state index in [-0.39, 0.29) is 5.78 Å². The maximum absolute atomic E-state index is 10.7. The fourth-order valence-electron chi connectivity index (χ4n) is 0.950. The van der Waals surface area contributed by atoms with Crippen molar-refractivity contribution >= 4 is 17.4 Å². The minimum atomic E-state index is 0.115. The molecule has 0 aliphatic heterocycles. The van der Waals surface area contributed by atoms with Crippen LogP contribution in [0.3, 0.4) is 0 Å². The first-order valence-electron chi connectivity index (χ1n) is 3.71. The van der Waals surface area contributed by atoms with Crippen molar-refractivity contribution in [3.63, 3.8) is 0 Å². The van der Waals surface area contributed by atoms with Gasteiger partial charge in [-0.25, -0.2) is 0 Å². The van der Waals surface area contributed by atoms with Crippen molar-refractivity contribution in [3.05, 3.63) is 28.5 Å². The molecule has 64 valence electrons. The summed E-state index contributed by atoms with van der Waals surface area (Å²) in [5.41, 5.74) is 1.56. The molecule has 0 spiro atoms. The Balaban J connectivity index is 2.89. The van der Waals surface area contributed by atoms with E-state index >= 15 is 0 Å². The number of aryl methyl sites for hydroxylation is 1. The van der Waals surface area contributed by atoms with Crippen molar-refractivity contribution < 1.29 is 4.79 Å². The summed E-state index contributed by atoms with van der Waals surface area (Å²) >= 11 is 5.77. The van der Waals surface area contributed by atoms with Crippen molar-refractivity contribution in [3.8, 4) is 0 Å². The molecule has 3 heteroatoms. The molecule has 0 saturated carbocycles. The molecule has 0 fully saturated rings. The van der Waals surface area contributed by atoms with E-state index in [1.54, 1.807) is 19.1 Å². The standard InChI is InChI=1S/C9H10ClNO/c1-6(12)5-8-3-4-9(10)7(2)11-8/h3-4H,5H2,1-2H3. The van der Waals surface area contributed by atoms with Crippen molar-refractivity contribution in [2.24, 2.45) is 0 Å². The molecule has 0 N–H and O–H groups in total. The Hall–Kier alpha value is -0.890. The van der Waals surface area contributed by atoms with Crippen LogP contribution in [0.4, 0.5) is 0 Å². The lowest BCUT2D eigenvalue weighted by molar-refractivity contribution is -0.116. The van der Waals surface area contributed by atoms with E-state index in [0.29, 0.717) is 11.4 Å². The molecule has 0 aliphatic carbocycles. The molecule has 0 aliphatic rings. The van der Waals surface area contributed by atoms with E-state index in [2.05, 4.69) is 4.98 Å². The Morgan fingerprint density at radius 1 is 1.58 bits per heavy atom. The molecule has 0 saturated heterocycles. The highest BCUT2D eigenvalue weighted by atomic mass is 35.5. The van der Waals surface area contributed by atoms with Gasteiger partial charge >= 0.3 is 0 Å². The molecule has 1 aromatic rings. The van der Waals surface area contributed by atoms with Crippen molar-refractivity contribution in [2.45, 2.75) is 20.3 Å². The number of carbonyl (C=O) groups is 1. The maximum atomic E-state index is 10.7. The Morgan fingerprint density at radius 3 is 2.75 bits per heavy atom. The van der Waals surface area contributed by atoms with E-state index in [4.69, 9.17) is 11.6 Å². The number of carbonyl (C=O) groups excluding carboxylic acids is 1. The summed E-state index contributed by atoms with van der Waals surface area (Å²) in [6.07, 6.45) is 0.387. The zero-order valence-electron chi connectivity index (χ0n) is 7.10. The highest BCUT2D eigenvalue weighted by molar-refractivity contribution is 6.31. The average Bonchev–Trinajstić information content (AvgIpc) is 1.96. The highest BCUT2D eigenvalue weighted by Gasteiger charge is 2.01. The van der Waals surface area contributed by atoms with E-state index in [0.717, 1.165) is 11.4 Å². The Kier molecular flexibility index (Phi) is 2.82. The third-order valence-corrected chi connectivity index (χ3v) is 1.91. The summed E-state index contributed by atoms with van der Waals surface area (Å²) < 4.78 is 0. The third-order valence-electron chi connectivity index (χ3n) is 1.51. The van der Waals surface area contributed by atoms with Crippen LogP contribution in [0.5, 0.6) is 0 Å². The highest BCUT2D eigenvalue weighted by Crippen LogP contribution is 2.12. The number of ketones is 1. The van der Waals surface area contributed by atoms with Crippen LogP contribution >= 0.6 is 11.6 Å². The molecule has 0 unspecified atom stereocenters. The van der Waals surface area contributed by atoms with Gasteiger partial charge in [-0.15, -0.1) is 0 Å². The minimum Gasteiger partial charge on any atom is -0.300 e. The lowest BCUT2D eigenvalue weighted by atomic mass is 10.2. The molecule has 0 atom stereocenters. The van der Waals surface area contributed by atoms with Gasteiger partial charge in [0.15, 0.2) is 0 Å². The van der Waals surface area contributed by atoms with Crippen molar-refractivity contribution in [1.82, 2.24) is 4.98 Å². The first-order valence-corrected chi connectivity index (χ1v) is 4.09. The molecule has 1 aromatic heterocycles. The summed E-state index contributed by atoms with van der Waals surface area (Å²) in [6.45, 7) is 3.37. The smallest absolute Gasteiger partial charge is 0.135 e. The van der Waals surface area contributed by atoms with Gasteiger partial charge < -0.3 is 0 Å². The van der Waals surface area contributed by atoms with Gasteiger partial charge in [-0.3, -0.25) is 9.78 Å². The van der Waals surface area contributed by atoms with E-state index < -0.39 is 0 Å². The molecule has 0 aromatic carbocycles. The number of pyridine rings is 1. The van der Waals surface area contributed by atoms with Gasteiger partial charge in [-0.1, -0.05) is 11.6 Å². The number of hydrogen-bond donors (Lipinski definition) is 0. The average molecular weight is 184 g/mol. The fourth-order valence-corrected chi connectivity index (χ4v) is 1.05. The minimum absolute atomic E-state index is 0.115. The van der Waals surface area contributed by atoms with Crippen LogP contribution < -0.4 is 0 Å². The van der Waals surface area contributed by atoms with Crippen LogP contribution in [-0.4, -0.2) is 10.8 Å².